The van der Waals surface area contributed by atoms with Crippen molar-refractivity contribution in [3.05, 3.63) is 28.3 Å². The molecule has 30 heavy (non-hydrogen) atoms. The SMILES string of the molecule is COCC(O)CN1CCN(c2ccc([N+](=O)[O-])c(N3CCN(CCO)CC3)c2)CC1. The number of anilines is 2. The summed E-state index contributed by atoms with van der Waals surface area (Å²) in [5.41, 5.74) is 1.79. The summed E-state index contributed by atoms with van der Waals surface area (Å²) in [6.45, 7) is 7.92. The Morgan fingerprint density at radius 1 is 1.07 bits per heavy atom. The van der Waals surface area contributed by atoms with Crippen molar-refractivity contribution >= 4 is 17.1 Å². The van der Waals surface area contributed by atoms with E-state index in [4.69, 9.17) is 9.84 Å². The van der Waals surface area contributed by atoms with Crippen LogP contribution >= 0.6 is 0 Å². The first kappa shape index (κ1) is 22.7. The van der Waals surface area contributed by atoms with Crippen LogP contribution < -0.4 is 9.80 Å². The maximum absolute atomic E-state index is 11.6. The summed E-state index contributed by atoms with van der Waals surface area (Å²) >= 11 is 0. The van der Waals surface area contributed by atoms with E-state index in [0.717, 1.165) is 45.0 Å². The van der Waals surface area contributed by atoms with Crippen molar-refractivity contribution < 1.29 is 19.9 Å². The smallest absolute Gasteiger partial charge is 0.292 e. The number of hydrogen-bond donors (Lipinski definition) is 2. The molecule has 0 aliphatic carbocycles. The first-order valence-corrected chi connectivity index (χ1v) is 10.5. The van der Waals surface area contributed by atoms with Crippen LogP contribution in [0.5, 0.6) is 0 Å². The van der Waals surface area contributed by atoms with Crippen LogP contribution in [0.4, 0.5) is 17.1 Å². The Morgan fingerprint density at radius 3 is 2.30 bits per heavy atom. The highest BCUT2D eigenvalue weighted by atomic mass is 16.6. The molecule has 2 aliphatic rings. The molecule has 2 aliphatic heterocycles. The summed E-state index contributed by atoms with van der Waals surface area (Å²) in [7, 11) is 1.58. The molecule has 2 heterocycles. The fraction of sp³-hybridized carbons (Fsp3) is 0.700. The number of ether oxygens (including phenoxy) is 1. The van der Waals surface area contributed by atoms with E-state index in [0.29, 0.717) is 38.5 Å². The van der Waals surface area contributed by atoms with Crippen molar-refractivity contribution in [1.82, 2.24) is 9.80 Å². The molecule has 1 atom stereocenters. The van der Waals surface area contributed by atoms with Crippen LogP contribution in [0.15, 0.2) is 18.2 Å². The van der Waals surface area contributed by atoms with Gasteiger partial charge in [0, 0.05) is 84.3 Å². The molecule has 0 spiro atoms. The lowest BCUT2D eigenvalue weighted by Gasteiger charge is -2.38. The van der Waals surface area contributed by atoms with Crippen molar-refractivity contribution in [2.45, 2.75) is 6.10 Å². The highest BCUT2D eigenvalue weighted by molar-refractivity contribution is 5.70. The number of hydrogen-bond acceptors (Lipinski definition) is 9. The molecule has 0 saturated carbocycles. The largest absolute Gasteiger partial charge is 0.395 e. The summed E-state index contributed by atoms with van der Waals surface area (Å²) in [6, 6.07) is 5.38. The second-order valence-electron chi connectivity index (χ2n) is 7.88. The molecular weight excluding hydrogens is 390 g/mol. The Labute approximate surface area is 177 Å². The molecule has 0 aromatic heterocycles. The molecule has 1 aromatic carbocycles. The maximum Gasteiger partial charge on any atom is 0.292 e. The second-order valence-corrected chi connectivity index (χ2v) is 7.88. The zero-order valence-corrected chi connectivity index (χ0v) is 17.6. The Kier molecular flexibility index (Phi) is 8.23. The van der Waals surface area contributed by atoms with Crippen LogP contribution in [-0.2, 0) is 4.74 Å². The third-order valence-electron chi connectivity index (χ3n) is 5.85. The molecule has 2 fully saturated rings. The Hall–Kier alpha value is -1.98. The Morgan fingerprint density at radius 2 is 1.70 bits per heavy atom. The number of methoxy groups -OCH3 is 1. The highest BCUT2D eigenvalue weighted by Crippen LogP contribution is 2.33. The molecule has 10 heteroatoms. The number of nitro benzene ring substituents is 1. The standard InChI is InChI=1S/C20H33N5O5/c1-30-16-18(27)15-22-6-8-23(9-7-22)17-2-3-19(25(28)29)20(14-17)24-10-4-21(5-11-24)12-13-26/h2-3,14,18,26-27H,4-13,15-16H2,1H3. The number of β-amino-alcohol motifs (C(OH)–C–C–N with tert-alkyl or cyclic N) is 2. The van der Waals surface area contributed by atoms with Crippen LogP contribution in [0.1, 0.15) is 0 Å². The molecule has 1 unspecified atom stereocenters. The summed E-state index contributed by atoms with van der Waals surface area (Å²) in [5.74, 6) is 0. The number of nitro groups is 1. The van der Waals surface area contributed by atoms with E-state index in [1.54, 1.807) is 13.2 Å². The molecule has 2 saturated heterocycles. The van der Waals surface area contributed by atoms with E-state index in [9.17, 15) is 15.2 Å². The van der Waals surface area contributed by atoms with Gasteiger partial charge in [0.2, 0.25) is 0 Å². The number of aliphatic hydroxyl groups is 2. The molecule has 0 radical (unpaired) electrons. The van der Waals surface area contributed by atoms with Gasteiger partial charge >= 0.3 is 0 Å². The van der Waals surface area contributed by atoms with Crippen molar-refractivity contribution in [2.24, 2.45) is 0 Å². The van der Waals surface area contributed by atoms with E-state index < -0.39 is 6.10 Å². The zero-order chi connectivity index (χ0) is 21.5. The fourth-order valence-electron chi connectivity index (χ4n) is 4.20. The van der Waals surface area contributed by atoms with Gasteiger partial charge in [-0.15, -0.1) is 0 Å². The molecular formula is C20H33N5O5. The van der Waals surface area contributed by atoms with Gasteiger partial charge in [0.05, 0.1) is 24.2 Å². The van der Waals surface area contributed by atoms with Crippen molar-refractivity contribution in [1.29, 1.82) is 0 Å². The van der Waals surface area contributed by atoms with Gasteiger partial charge in [0.15, 0.2) is 0 Å². The van der Waals surface area contributed by atoms with Crippen LogP contribution in [0.3, 0.4) is 0 Å². The van der Waals surface area contributed by atoms with Crippen molar-refractivity contribution in [3.8, 4) is 0 Å². The van der Waals surface area contributed by atoms with Crippen molar-refractivity contribution in [2.75, 3.05) is 95.6 Å². The van der Waals surface area contributed by atoms with Crippen LogP contribution in [0.25, 0.3) is 0 Å². The Bertz CT molecular complexity index is 690. The van der Waals surface area contributed by atoms with E-state index >= 15 is 0 Å². The maximum atomic E-state index is 11.6. The molecule has 168 valence electrons. The average Bonchev–Trinajstić information content (AvgIpc) is 2.75. The zero-order valence-electron chi connectivity index (χ0n) is 17.6. The van der Waals surface area contributed by atoms with E-state index in [1.807, 2.05) is 12.1 Å². The monoisotopic (exact) mass is 423 g/mol. The lowest BCUT2D eigenvalue weighted by molar-refractivity contribution is -0.384. The Balaban J connectivity index is 1.66. The number of piperazine rings is 2. The van der Waals surface area contributed by atoms with Gasteiger partial charge in [-0.2, -0.15) is 0 Å². The van der Waals surface area contributed by atoms with Gasteiger partial charge < -0.3 is 24.7 Å². The van der Waals surface area contributed by atoms with Gasteiger partial charge in [0.1, 0.15) is 5.69 Å². The topological polar surface area (TPSA) is 106 Å². The average molecular weight is 424 g/mol. The summed E-state index contributed by atoms with van der Waals surface area (Å²) in [5, 5.41) is 30.7. The molecule has 10 nitrogen and oxygen atoms in total. The van der Waals surface area contributed by atoms with Gasteiger partial charge in [-0.05, 0) is 12.1 Å². The minimum atomic E-state index is -0.489. The lowest BCUT2D eigenvalue weighted by atomic mass is 10.1. The molecule has 0 amide bonds. The minimum absolute atomic E-state index is 0.129. The molecule has 2 N–H and O–H groups in total. The number of aliphatic hydroxyl groups excluding tert-OH is 2. The molecule has 3 rings (SSSR count). The summed E-state index contributed by atoms with van der Waals surface area (Å²) in [6.07, 6.45) is -0.489. The van der Waals surface area contributed by atoms with Crippen LogP contribution in [0, 0.1) is 10.1 Å². The van der Waals surface area contributed by atoms with Crippen molar-refractivity contribution in [3.63, 3.8) is 0 Å². The highest BCUT2D eigenvalue weighted by Gasteiger charge is 2.26. The summed E-state index contributed by atoms with van der Waals surface area (Å²) < 4.78 is 4.99. The molecule has 1 aromatic rings. The van der Waals surface area contributed by atoms with Gasteiger partial charge in [0.25, 0.3) is 5.69 Å². The molecule has 0 bridgehead atoms. The normalized spacial score (nSPS) is 19.8. The first-order chi connectivity index (χ1) is 14.5. The fourth-order valence-corrected chi connectivity index (χ4v) is 4.20. The number of benzene rings is 1. The number of rotatable bonds is 9. The van der Waals surface area contributed by atoms with Crippen LogP contribution in [0.2, 0.25) is 0 Å². The lowest BCUT2D eigenvalue weighted by Crippen LogP contribution is -2.49. The predicted molar refractivity (Wildman–Crippen MR) is 115 cm³/mol. The predicted octanol–water partition coefficient (Wildman–Crippen LogP) is -0.162. The first-order valence-electron chi connectivity index (χ1n) is 10.5. The quantitative estimate of drug-likeness (QED) is 0.414. The third-order valence-corrected chi connectivity index (χ3v) is 5.85. The van der Waals surface area contributed by atoms with E-state index in [1.165, 1.54) is 0 Å². The van der Waals surface area contributed by atoms with Gasteiger partial charge in [-0.25, -0.2) is 0 Å². The summed E-state index contributed by atoms with van der Waals surface area (Å²) in [4.78, 5) is 20.0. The van der Waals surface area contributed by atoms with Gasteiger partial charge in [-0.1, -0.05) is 0 Å². The minimum Gasteiger partial charge on any atom is -0.395 e. The number of nitrogens with zero attached hydrogens (tertiary/aromatic N) is 5. The second kappa shape index (κ2) is 10.9. The van der Waals surface area contributed by atoms with E-state index in [-0.39, 0.29) is 17.2 Å². The third kappa shape index (κ3) is 5.79. The van der Waals surface area contributed by atoms with Crippen LogP contribution in [-0.4, -0.2) is 117 Å². The van der Waals surface area contributed by atoms with E-state index in [2.05, 4.69) is 19.6 Å². The van der Waals surface area contributed by atoms with Gasteiger partial charge in [-0.3, -0.25) is 19.9 Å².